The molecule has 0 bridgehead atoms. The molecule has 9 heavy (non-hydrogen) atoms. The van der Waals surface area contributed by atoms with Gasteiger partial charge in [0.15, 0.2) is 0 Å². The van der Waals surface area contributed by atoms with Gasteiger partial charge in [-0.2, -0.15) is 12.3 Å². The van der Waals surface area contributed by atoms with Crippen molar-refractivity contribution in [2.45, 2.75) is 26.7 Å². The molecule has 1 aliphatic rings. The summed E-state index contributed by atoms with van der Waals surface area (Å²) < 4.78 is 0. The van der Waals surface area contributed by atoms with Gasteiger partial charge in [0.1, 0.15) is 0 Å². The van der Waals surface area contributed by atoms with E-state index in [1.54, 1.807) is 0 Å². The van der Waals surface area contributed by atoms with E-state index in [1.807, 2.05) is 0 Å². The summed E-state index contributed by atoms with van der Waals surface area (Å²) in [5, 5.41) is 0. The van der Waals surface area contributed by atoms with Crippen LogP contribution in [0.1, 0.15) is 26.7 Å². The third kappa shape index (κ3) is 4.50. The van der Waals surface area contributed by atoms with Crippen molar-refractivity contribution < 1.29 is 32.7 Å². The Bertz CT molecular complexity index is 53.6. The van der Waals surface area contributed by atoms with Crippen LogP contribution in [0.4, 0.5) is 0 Å². The smallest absolute Gasteiger partial charge is 0 e. The molecule has 0 heterocycles. The van der Waals surface area contributed by atoms with E-state index in [0.29, 0.717) is 0 Å². The fourth-order valence-corrected chi connectivity index (χ4v) is 1.29. The molecule has 0 nitrogen and oxygen atoms in total. The van der Waals surface area contributed by atoms with Crippen LogP contribution in [0.5, 0.6) is 0 Å². The van der Waals surface area contributed by atoms with Gasteiger partial charge in [-0.05, 0) is 0 Å². The first-order valence-corrected chi connectivity index (χ1v) is 3.12. The van der Waals surface area contributed by atoms with Crippen molar-refractivity contribution in [2.75, 3.05) is 0 Å². The molecule has 1 aliphatic carbocycles. The Balaban J connectivity index is 0. The Kier molecular flexibility index (Phi) is 8.30. The molecule has 0 spiro atoms. The summed E-state index contributed by atoms with van der Waals surface area (Å²) in [5.74, 6) is 1.87. The normalized spacial score (nSPS) is 32.7. The monoisotopic (exact) mass is 201 g/mol. The van der Waals surface area contributed by atoms with Crippen LogP contribution < -0.4 is 0 Å². The quantitative estimate of drug-likeness (QED) is 0.528. The maximum atomic E-state index is 2.42. The molecule has 1 radical (unpaired) electrons. The van der Waals surface area contributed by atoms with Crippen molar-refractivity contribution >= 4 is 0 Å². The van der Waals surface area contributed by atoms with Gasteiger partial charge >= 0.3 is 0 Å². The molecule has 2 unspecified atom stereocenters. The zero-order valence-electron chi connectivity index (χ0n) is 6.72. The van der Waals surface area contributed by atoms with Crippen molar-refractivity contribution in [3.05, 3.63) is 13.8 Å². The summed E-state index contributed by atoms with van der Waals surface area (Å²) in [6, 6.07) is 0. The fraction of sp³-hybridized carbons (Fsp3) is 0.750. The molecule has 0 amide bonds. The largest absolute Gasteiger partial charge is 0.358 e. The third-order valence-corrected chi connectivity index (χ3v) is 1.71. The van der Waals surface area contributed by atoms with Crippen LogP contribution in [0.3, 0.4) is 0 Å². The fourth-order valence-electron chi connectivity index (χ4n) is 1.29. The Hall–Kier alpha value is 1.10. The molecule has 2 atom stereocenters. The first kappa shape index (κ1) is 12.8. The Labute approximate surface area is 84.7 Å². The summed E-state index contributed by atoms with van der Waals surface area (Å²) >= 11 is 0. The molecule has 0 aromatic rings. The van der Waals surface area contributed by atoms with Gasteiger partial charge in [-0.15, -0.1) is 0 Å². The molecular formula is C8H16Y-2. The molecule has 0 N–H and O–H groups in total. The predicted molar refractivity (Wildman–Crippen MR) is 38.3 cm³/mol. The van der Waals surface area contributed by atoms with Crippen molar-refractivity contribution in [3.8, 4) is 0 Å². The van der Waals surface area contributed by atoms with Gasteiger partial charge in [-0.25, -0.2) is 0 Å². The van der Waals surface area contributed by atoms with Gasteiger partial charge in [0.2, 0.25) is 0 Å². The Morgan fingerprint density at radius 3 is 2.00 bits per heavy atom. The summed E-state index contributed by atoms with van der Waals surface area (Å²) in [4.78, 5) is 0. The first-order chi connectivity index (χ1) is 3.29. The van der Waals surface area contributed by atoms with Gasteiger partial charge < -0.3 is 13.8 Å². The third-order valence-electron chi connectivity index (χ3n) is 1.71. The molecule has 0 aromatic heterocycles. The first-order valence-electron chi connectivity index (χ1n) is 3.12. The van der Waals surface area contributed by atoms with Crippen molar-refractivity contribution in [1.29, 1.82) is 0 Å². The van der Waals surface area contributed by atoms with Gasteiger partial charge in [0.25, 0.3) is 0 Å². The zero-order chi connectivity index (χ0) is 5.28. The Morgan fingerprint density at radius 2 is 1.89 bits per heavy atom. The second-order valence-corrected chi connectivity index (χ2v) is 2.79. The average molecular weight is 201 g/mol. The molecule has 0 aromatic carbocycles. The summed E-state index contributed by atoms with van der Waals surface area (Å²) in [7, 11) is 0. The molecule has 1 fully saturated rings. The maximum absolute atomic E-state index is 2.42. The molecule has 1 rings (SSSR count). The number of hydrogen-bond acceptors (Lipinski definition) is 0. The topological polar surface area (TPSA) is 0 Å². The number of hydrogen-bond donors (Lipinski definition) is 0. The van der Waals surface area contributed by atoms with E-state index in [0.717, 1.165) is 11.8 Å². The van der Waals surface area contributed by atoms with E-state index in [-0.39, 0.29) is 40.1 Å². The van der Waals surface area contributed by atoms with Crippen molar-refractivity contribution in [2.24, 2.45) is 11.8 Å². The zero-order valence-corrected chi connectivity index (χ0v) is 9.56. The minimum Gasteiger partial charge on any atom is -0.358 e. The SMILES string of the molecule is CC1[CH-]CC(C)C1.[CH3-].[Y]. The second kappa shape index (κ2) is 5.86. The van der Waals surface area contributed by atoms with Gasteiger partial charge in [-0.1, -0.05) is 26.2 Å². The van der Waals surface area contributed by atoms with Crippen molar-refractivity contribution in [3.63, 3.8) is 0 Å². The number of rotatable bonds is 0. The average Bonchev–Trinajstić information content (AvgIpc) is 1.87. The van der Waals surface area contributed by atoms with E-state index >= 15 is 0 Å². The van der Waals surface area contributed by atoms with Crippen molar-refractivity contribution in [1.82, 2.24) is 0 Å². The Morgan fingerprint density at radius 1 is 1.33 bits per heavy atom. The van der Waals surface area contributed by atoms with E-state index in [9.17, 15) is 0 Å². The van der Waals surface area contributed by atoms with Gasteiger partial charge in [0.05, 0.1) is 0 Å². The van der Waals surface area contributed by atoms with E-state index < -0.39 is 0 Å². The molecule has 1 saturated carbocycles. The van der Waals surface area contributed by atoms with E-state index in [4.69, 9.17) is 0 Å². The van der Waals surface area contributed by atoms with E-state index in [1.165, 1.54) is 12.8 Å². The standard InChI is InChI=1S/C7H13.CH3.Y/c1-6-3-4-7(2)5-6;;/h3,6-7H,4-5H2,1-2H3;1H3;/q2*-1;. The van der Waals surface area contributed by atoms with Gasteiger partial charge in [-0.3, -0.25) is 0 Å². The molecular weight excluding hydrogens is 185 g/mol. The van der Waals surface area contributed by atoms with Crippen LogP contribution in [0.2, 0.25) is 0 Å². The summed E-state index contributed by atoms with van der Waals surface area (Å²) in [6.07, 6.45) is 5.19. The second-order valence-electron chi connectivity index (χ2n) is 2.79. The molecule has 0 saturated heterocycles. The van der Waals surface area contributed by atoms with Crippen LogP contribution in [0, 0.1) is 25.7 Å². The predicted octanol–water partition coefficient (Wildman–Crippen LogP) is 2.70. The van der Waals surface area contributed by atoms with Crippen LogP contribution >= 0.6 is 0 Å². The maximum Gasteiger partial charge on any atom is 0 e. The van der Waals surface area contributed by atoms with Crippen LogP contribution in [-0.4, -0.2) is 0 Å². The minimum absolute atomic E-state index is 0. The van der Waals surface area contributed by atoms with E-state index in [2.05, 4.69) is 20.3 Å². The summed E-state index contributed by atoms with van der Waals surface area (Å²) in [5.41, 5.74) is 0. The summed E-state index contributed by atoms with van der Waals surface area (Å²) in [6.45, 7) is 4.61. The minimum atomic E-state index is 0. The van der Waals surface area contributed by atoms with Crippen LogP contribution in [0.25, 0.3) is 0 Å². The van der Waals surface area contributed by atoms with Gasteiger partial charge in [0, 0.05) is 32.7 Å². The molecule has 1 heteroatoms. The molecule has 0 aliphatic heterocycles. The van der Waals surface area contributed by atoms with Crippen LogP contribution in [0.15, 0.2) is 0 Å². The van der Waals surface area contributed by atoms with Crippen LogP contribution in [-0.2, 0) is 32.7 Å². The molecule has 53 valence electrons.